The summed E-state index contributed by atoms with van der Waals surface area (Å²) in [6.07, 6.45) is -0.361. The number of hydrogen-bond acceptors (Lipinski definition) is 4. The first-order chi connectivity index (χ1) is 13.4. The van der Waals surface area contributed by atoms with Gasteiger partial charge in [-0.05, 0) is 43.2 Å². The maximum Gasteiger partial charge on any atom is 0.264 e. The Kier molecular flexibility index (Phi) is 4.40. The van der Waals surface area contributed by atoms with E-state index in [9.17, 15) is 14.7 Å². The normalized spacial score (nSPS) is 18.4. The van der Waals surface area contributed by atoms with Gasteiger partial charge in [0.25, 0.3) is 5.91 Å². The van der Waals surface area contributed by atoms with Crippen molar-refractivity contribution in [2.75, 3.05) is 4.90 Å². The topological polar surface area (TPSA) is 70.8 Å². The molecule has 0 bridgehead atoms. The molecule has 1 aliphatic rings. The number of fused-ring (bicyclic) bond motifs is 1. The Labute approximate surface area is 163 Å². The lowest BCUT2D eigenvalue weighted by Crippen LogP contribution is -2.41. The van der Waals surface area contributed by atoms with Gasteiger partial charge in [0.05, 0.1) is 18.7 Å². The van der Waals surface area contributed by atoms with Gasteiger partial charge in [0, 0.05) is 5.56 Å². The molecule has 142 valence electrons. The van der Waals surface area contributed by atoms with Crippen molar-refractivity contribution in [3.05, 3.63) is 88.9 Å². The molecule has 1 amide bonds. The zero-order chi connectivity index (χ0) is 19.9. The zero-order valence-corrected chi connectivity index (χ0v) is 15.8. The molecule has 2 aromatic carbocycles. The lowest BCUT2D eigenvalue weighted by Gasteiger charge is -2.23. The fourth-order valence-corrected chi connectivity index (χ4v) is 3.70. The van der Waals surface area contributed by atoms with E-state index in [1.54, 1.807) is 42.2 Å². The summed E-state index contributed by atoms with van der Waals surface area (Å²) in [6, 6.07) is 18.1. The molecule has 2 heterocycles. The molecule has 4 rings (SSSR count). The molecule has 3 aromatic rings. The summed E-state index contributed by atoms with van der Waals surface area (Å²) in [6.45, 7) is 4.06. The number of aryl methyl sites for hydroxylation is 2. The van der Waals surface area contributed by atoms with E-state index in [1.807, 2.05) is 37.3 Å². The summed E-state index contributed by atoms with van der Waals surface area (Å²) in [5, 5.41) is 11.3. The van der Waals surface area contributed by atoms with Crippen LogP contribution >= 0.6 is 0 Å². The van der Waals surface area contributed by atoms with E-state index >= 15 is 0 Å². The van der Waals surface area contributed by atoms with E-state index in [2.05, 4.69) is 0 Å². The Hall–Kier alpha value is -3.18. The van der Waals surface area contributed by atoms with E-state index in [4.69, 9.17) is 4.42 Å². The summed E-state index contributed by atoms with van der Waals surface area (Å²) in [5.41, 5.74) is 1.22. The molecule has 0 radical (unpaired) electrons. The predicted octanol–water partition coefficient (Wildman–Crippen LogP) is 3.90. The Morgan fingerprint density at radius 1 is 1.04 bits per heavy atom. The highest BCUT2D eigenvalue weighted by Crippen LogP contribution is 2.43. The summed E-state index contributed by atoms with van der Waals surface area (Å²) in [7, 11) is 0. The SMILES string of the molecule is Cc1ccc(C(=O)C[C@@]2(O)C(=O)N(Cc3ccccc3C)c3ccccc32)o1. The summed E-state index contributed by atoms with van der Waals surface area (Å²) < 4.78 is 5.38. The molecule has 1 aromatic heterocycles. The number of carbonyl (C=O) groups is 2. The largest absolute Gasteiger partial charge is 0.458 e. The van der Waals surface area contributed by atoms with Crippen LogP contribution in [-0.4, -0.2) is 16.8 Å². The predicted molar refractivity (Wildman–Crippen MR) is 105 cm³/mol. The van der Waals surface area contributed by atoms with Gasteiger partial charge in [-0.25, -0.2) is 0 Å². The van der Waals surface area contributed by atoms with Gasteiger partial charge < -0.3 is 14.4 Å². The van der Waals surface area contributed by atoms with Crippen molar-refractivity contribution >= 4 is 17.4 Å². The Balaban J connectivity index is 1.70. The van der Waals surface area contributed by atoms with Gasteiger partial charge in [-0.3, -0.25) is 9.59 Å². The minimum absolute atomic E-state index is 0.147. The van der Waals surface area contributed by atoms with E-state index in [1.165, 1.54) is 0 Å². The van der Waals surface area contributed by atoms with Gasteiger partial charge in [-0.1, -0.05) is 42.5 Å². The average molecular weight is 375 g/mol. The number of furan rings is 1. The molecule has 0 fully saturated rings. The number of ketones is 1. The first kappa shape index (κ1) is 18.2. The third-order valence-electron chi connectivity index (χ3n) is 5.26. The molecule has 1 N–H and O–H groups in total. The van der Waals surface area contributed by atoms with Gasteiger partial charge in [-0.15, -0.1) is 0 Å². The van der Waals surface area contributed by atoms with Crippen molar-refractivity contribution in [2.24, 2.45) is 0 Å². The number of anilines is 1. The number of aliphatic hydroxyl groups is 1. The molecule has 1 aliphatic heterocycles. The highest BCUT2D eigenvalue weighted by atomic mass is 16.3. The number of carbonyl (C=O) groups excluding carboxylic acids is 2. The van der Waals surface area contributed by atoms with Crippen molar-refractivity contribution in [1.82, 2.24) is 0 Å². The number of nitrogens with zero attached hydrogens (tertiary/aromatic N) is 1. The van der Waals surface area contributed by atoms with Crippen LogP contribution in [0.4, 0.5) is 5.69 Å². The molecule has 0 unspecified atom stereocenters. The van der Waals surface area contributed by atoms with E-state index in [0.717, 1.165) is 11.1 Å². The van der Waals surface area contributed by atoms with Crippen LogP contribution in [0.2, 0.25) is 0 Å². The average Bonchev–Trinajstić information content (AvgIpc) is 3.20. The Morgan fingerprint density at radius 3 is 2.46 bits per heavy atom. The van der Waals surface area contributed by atoms with Crippen LogP contribution < -0.4 is 4.90 Å². The molecule has 5 heteroatoms. The van der Waals surface area contributed by atoms with Crippen LogP contribution in [0.1, 0.15) is 39.4 Å². The fourth-order valence-electron chi connectivity index (χ4n) is 3.70. The number of Topliss-reactive ketones (excluding diaryl/α,β-unsaturated/α-hetero) is 1. The molecule has 0 spiro atoms. The minimum atomic E-state index is -1.91. The zero-order valence-electron chi connectivity index (χ0n) is 15.8. The molecular weight excluding hydrogens is 354 g/mol. The lowest BCUT2D eigenvalue weighted by molar-refractivity contribution is -0.136. The maximum atomic E-state index is 13.3. The second-order valence-electron chi connectivity index (χ2n) is 7.21. The van der Waals surface area contributed by atoms with Crippen molar-refractivity contribution in [2.45, 2.75) is 32.4 Å². The molecule has 5 nitrogen and oxygen atoms in total. The van der Waals surface area contributed by atoms with Crippen LogP contribution in [0.3, 0.4) is 0 Å². The number of rotatable bonds is 5. The van der Waals surface area contributed by atoms with Crippen LogP contribution in [0.5, 0.6) is 0 Å². The molecule has 0 saturated heterocycles. The van der Waals surface area contributed by atoms with E-state index in [0.29, 0.717) is 23.6 Å². The maximum absolute atomic E-state index is 13.3. The third-order valence-corrected chi connectivity index (χ3v) is 5.26. The summed E-state index contributed by atoms with van der Waals surface area (Å²) in [5.74, 6) is -0.145. The van der Waals surface area contributed by atoms with Gasteiger partial charge in [-0.2, -0.15) is 0 Å². The minimum Gasteiger partial charge on any atom is -0.458 e. The standard InChI is InChI=1S/C23H21NO4/c1-15-7-3-4-8-17(15)14-24-19-10-6-5-9-18(19)23(27,22(24)26)13-20(25)21-12-11-16(2)28-21/h3-12,27H,13-14H2,1-2H3/t23-/m0/s1. The van der Waals surface area contributed by atoms with Crippen LogP contribution in [0.15, 0.2) is 65.1 Å². The molecule has 0 saturated carbocycles. The summed E-state index contributed by atoms with van der Waals surface area (Å²) in [4.78, 5) is 27.5. The fraction of sp³-hybridized carbons (Fsp3) is 0.217. The first-order valence-electron chi connectivity index (χ1n) is 9.18. The first-order valence-corrected chi connectivity index (χ1v) is 9.18. The second-order valence-corrected chi connectivity index (χ2v) is 7.21. The highest BCUT2D eigenvalue weighted by Gasteiger charge is 2.51. The molecule has 28 heavy (non-hydrogen) atoms. The summed E-state index contributed by atoms with van der Waals surface area (Å²) >= 11 is 0. The van der Waals surface area contributed by atoms with Crippen LogP contribution in [-0.2, 0) is 16.9 Å². The number of amides is 1. The second kappa shape index (κ2) is 6.77. The van der Waals surface area contributed by atoms with Crippen LogP contribution in [0, 0.1) is 13.8 Å². The highest BCUT2D eigenvalue weighted by molar-refractivity contribution is 6.10. The molecule has 0 aliphatic carbocycles. The lowest BCUT2D eigenvalue weighted by atomic mass is 9.89. The van der Waals surface area contributed by atoms with Crippen molar-refractivity contribution < 1.29 is 19.1 Å². The molecular formula is C23H21NO4. The molecule has 1 atom stereocenters. The van der Waals surface area contributed by atoms with Gasteiger partial charge in [0.15, 0.2) is 11.4 Å². The van der Waals surface area contributed by atoms with Crippen molar-refractivity contribution in [3.63, 3.8) is 0 Å². The van der Waals surface area contributed by atoms with E-state index in [-0.39, 0.29) is 12.2 Å². The van der Waals surface area contributed by atoms with Crippen LogP contribution in [0.25, 0.3) is 0 Å². The number of hydrogen-bond donors (Lipinski definition) is 1. The number of para-hydroxylation sites is 1. The number of benzene rings is 2. The van der Waals surface area contributed by atoms with Gasteiger partial charge in [0.2, 0.25) is 5.78 Å². The Bertz CT molecular complexity index is 1070. The third kappa shape index (κ3) is 2.94. The smallest absolute Gasteiger partial charge is 0.264 e. The van der Waals surface area contributed by atoms with Crippen molar-refractivity contribution in [1.29, 1.82) is 0 Å². The van der Waals surface area contributed by atoms with E-state index < -0.39 is 17.3 Å². The van der Waals surface area contributed by atoms with Crippen molar-refractivity contribution in [3.8, 4) is 0 Å². The quantitative estimate of drug-likeness (QED) is 0.687. The van der Waals surface area contributed by atoms with Gasteiger partial charge in [0.1, 0.15) is 5.76 Å². The van der Waals surface area contributed by atoms with Gasteiger partial charge >= 0.3 is 0 Å². The monoisotopic (exact) mass is 375 g/mol. The Morgan fingerprint density at radius 2 is 1.75 bits per heavy atom.